The molecule has 4 rings (SSSR count). The van der Waals surface area contributed by atoms with E-state index in [1.807, 2.05) is 23.6 Å². The van der Waals surface area contributed by atoms with Crippen molar-refractivity contribution in [2.45, 2.75) is 32.2 Å². The van der Waals surface area contributed by atoms with Crippen molar-refractivity contribution in [2.24, 2.45) is 0 Å². The van der Waals surface area contributed by atoms with Crippen LogP contribution in [-0.2, 0) is 27.1 Å². The van der Waals surface area contributed by atoms with Crippen molar-refractivity contribution in [3.8, 4) is 0 Å². The van der Waals surface area contributed by atoms with Crippen LogP contribution in [0.2, 0.25) is 0 Å². The number of urea groups is 1. The number of carbonyl (C=O) groups excluding carboxylic acids is 3. The highest BCUT2D eigenvalue weighted by Gasteiger charge is 2.35. The normalized spacial score (nSPS) is 18.1. The second-order valence-electron chi connectivity index (χ2n) is 6.65. The molecule has 0 fully saturated rings. The zero-order chi connectivity index (χ0) is 20.4. The molecule has 0 saturated carbocycles. The Bertz CT molecular complexity index is 956. The quantitative estimate of drug-likeness (QED) is 0.683. The molecule has 152 valence electrons. The summed E-state index contributed by atoms with van der Waals surface area (Å²) in [6.07, 6.45) is 3.10. The molecule has 1 atom stereocenters. The van der Waals surface area contributed by atoms with Crippen LogP contribution < -0.4 is 10.6 Å². The standard InChI is InChI=1S/C20H20N2O5S2/c1-2-26-19(24)16-12(21-20(25)22-17(16)14-7-4-8-28-14)10-27-18(23)15-9-11-5-3-6-13(11)29-15/h4,7-9,17H,2-3,5-6,10H2,1H3,(H2,21,22,25). The largest absolute Gasteiger partial charge is 0.463 e. The number of hydrogen-bond acceptors (Lipinski definition) is 7. The smallest absolute Gasteiger partial charge is 0.348 e. The van der Waals surface area contributed by atoms with E-state index >= 15 is 0 Å². The molecule has 2 aliphatic rings. The second kappa shape index (κ2) is 8.38. The summed E-state index contributed by atoms with van der Waals surface area (Å²) in [6, 6.07) is 4.44. The number of hydrogen-bond donors (Lipinski definition) is 2. The van der Waals surface area contributed by atoms with Crippen molar-refractivity contribution in [1.29, 1.82) is 0 Å². The third-order valence-electron chi connectivity index (χ3n) is 4.77. The van der Waals surface area contributed by atoms with E-state index in [9.17, 15) is 14.4 Å². The van der Waals surface area contributed by atoms with Gasteiger partial charge >= 0.3 is 18.0 Å². The molecule has 1 aliphatic heterocycles. The Kier molecular flexibility index (Phi) is 5.68. The predicted octanol–water partition coefficient (Wildman–Crippen LogP) is 3.33. The first kappa shape index (κ1) is 19.7. The molecule has 1 aliphatic carbocycles. The number of rotatable bonds is 6. The van der Waals surface area contributed by atoms with Crippen molar-refractivity contribution in [3.05, 3.63) is 55.0 Å². The second-order valence-corrected chi connectivity index (χ2v) is 8.76. The Morgan fingerprint density at radius 1 is 1.24 bits per heavy atom. The summed E-state index contributed by atoms with van der Waals surface area (Å²) in [5, 5.41) is 7.21. The molecule has 1 unspecified atom stereocenters. The van der Waals surface area contributed by atoms with Crippen LogP contribution in [0, 0.1) is 0 Å². The number of fused-ring (bicyclic) bond motifs is 1. The van der Waals surface area contributed by atoms with Gasteiger partial charge in [-0.1, -0.05) is 6.07 Å². The number of nitrogens with one attached hydrogen (secondary N) is 2. The van der Waals surface area contributed by atoms with E-state index in [2.05, 4.69) is 10.6 Å². The Morgan fingerprint density at radius 2 is 2.10 bits per heavy atom. The molecular formula is C20H20N2O5S2. The number of esters is 2. The lowest BCUT2D eigenvalue weighted by Crippen LogP contribution is -2.46. The fourth-order valence-electron chi connectivity index (χ4n) is 3.49. The van der Waals surface area contributed by atoms with Crippen LogP contribution in [0.3, 0.4) is 0 Å². The molecule has 2 amide bonds. The molecule has 2 aromatic rings. The number of carbonyl (C=O) groups is 3. The molecule has 2 aromatic heterocycles. The van der Waals surface area contributed by atoms with Crippen LogP contribution in [0.5, 0.6) is 0 Å². The zero-order valence-electron chi connectivity index (χ0n) is 15.8. The maximum Gasteiger partial charge on any atom is 0.348 e. The van der Waals surface area contributed by atoms with Crippen molar-refractivity contribution in [1.82, 2.24) is 10.6 Å². The molecule has 0 spiro atoms. The summed E-state index contributed by atoms with van der Waals surface area (Å²) in [5.41, 5.74) is 1.69. The molecule has 29 heavy (non-hydrogen) atoms. The van der Waals surface area contributed by atoms with Gasteiger partial charge in [-0.05, 0) is 49.3 Å². The van der Waals surface area contributed by atoms with Gasteiger partial charge in [0.25, 0.3) is 0 Å². The van der Waals surface area contributed by atoms with E-state index in [1.165, 1.54) is 33.1 Å². The zero-order valence-corrected chi connectivity index (χ0v) is 17.4. The van der Waals surface area contributed by atoms with Gasteiger partial charge in [-0.15, -0.1) is 22.7 Å². The highest BCUT2D eigenvalue weighted by Crippen LogP contribution is 2.32. The molecule has 0 aromatic carbocycles. The Hall–Kier alpha value is -2.65. The lowest BCUT2D eigenvalue weighted by molar-refractivity contribution is -0.139. The minimum absolute atomic E-state index is 0.196. The Labute approximate surface area is 175 Å². The lowest BCUT2D eigenvalue weighted by atomic mass is 10.0. The SMILES string of the molecule is CCOC(=O)C1=C(COC(=O)c2cc3c(s2)CCC3)NC(=O)NC1c1cccs1. The summed E-state index contributed by atoms with van der Waals surface area (Å²) in [6.45, 7) is 1.69. The third kappa shape index (κ3) is 4.06. The molecule has 7 nitrogen and oxygen atoms in total. The Morgan fingerprint density at radius 3 is 2.83 bits per heavy atom. The van der Waals surface area contributed by atoms with Crippen LogP contribution in [0.15, 0.2) is 34.8 Å². The van der Waals surface area contributed by atoms with Gasteiger partial charge in [-0.2, -0.15) is 0 Å². The summed E-state index contributed by atoms with van der Waals surface area (Å²) in [7, 11) is 0. The molecule has 0 saturated heterocycles. The fraction of sp³-hybridized carbons (Fsp3) is 0.350. The first-order chi connectivity index (χ1) is 14.1. The molecule has 0 bridgehead atoms. The molecule has 2 N–H and O–H groups in total. The van der Waals surface area contributed by atoms with Crippen LogP contribution in [-0.4, -0.2) is 31.2 Å². The monoisotopic (exact) mass is 432 g/mol. The van der Waals surface area contributed by atoms with Crippen LogP contribution >= 0.6 is 22.7 Å². The predicted molar refractivity (Wildman–Crippen MR) is 109 cm³/mol. The topological polar surface area (TPSA) is 93.7 Å². The number of amides is 2. The average Bonchev–Trinajstić information content (AvgIpc) is 3.42. The molecule has 3 heterocycles. The average molecular weight is 433 g/mol. The van der Waals surface area contributed by atoms with Crippen LogP contribution in [0.1, 0.15) is 44.4 Å². The minimum Gasteiger partial charge on any atom is -0.463 e. The number of ether oxygens (including phenoxy) is 2. The van der Waals surface area contributed by atoms with E-state index in [1.54, 1.807) is 6.92 Å². The number of aryl methyl sites for hydroxylation is 2. The summed E-state index contributed by atoms with van der Waals surface area (Å²) in [4.78, 5) is 39.9. The lowest BCUT2D eigenvalue weighted by Gasteiger charge is -2.28. The van der Waals surface area contributed by atoms with Gasteiger partial charge in [0.2, 0.25) is 0 Å². The summed E-state index contributed by atoms with van der Waals surface area (Å²) in [5.74, 6) is -1.01. The maximum absolute atomic E-state index is 12.6. The van der Waals surface area contributed by atoms with Crippen molar-refractivity contribution in [2.75, 3.05) is 13.2 Å². The third-order valence-corrected chi connectivity index (χ3v) is 6.93. The molecule has 9 heteroatoms. The summed E-state index contributed by atoms with van der Waals surface area (Å²) >= 11 is 2.87. The van der Waals surface area contributed by atoms with Crippen LogP contribution in [0.4, 0.5) is 4.79 Å². The molecule has 0 radical (unpaired) electrons. The van der Waals surface area contributed by atoms with Gasteiger partial charge in [0.05, 0.1) is 23.9 Å². The van der Waals surface area contributed by atoms with Gasteiger partial charge < -0.3 is 20.1 Å². The van der Waals surface area contributed by atoms with E-state index in [0.717, 1.165) is 24.1 Å². The van der Waals surface area contributed by atoms with E-state index < -0.39 is 24.0 Å². The van der Waals surface area contributed by atoms with Gasteiger partial charge in [0.15, 0.2) is 0 Å². The fourth-order valence-corrected chi connectivity index (χ4v) is 5.42. The Balaban J connectivity index is 1.58. The first-order valence-electron chi connectivity index (χ1n) is 9.36. The van der Waals surface area contributed by atoms with Crippen molar-refractivity contribution >= 4 is 40.6 Å². The van der Waals surface area contributed by atoms with Crippen molar-refractivity contribution < 1.29 is 23.9 Å². The van der Waals surface area contributed by atoms with Crippen LogP contribution in [0.25, 0.3) is 0 Å². The minimum atomic E-state index is -0.651. The van der Waals surface area contributed by atoms with E-state index in [0.29, 0.717) is 4.88 Å². The van der Waals surface area contributed by atoms with Crippen molar-refractivity contribution in [3.63, 3.8) is 0 Å². The van der Waals surface area contributed by atoms with Gasteiger partial charge in [-0.3, -0.25) is 0 Å². The summed E-state index contributed by atoms with van der Waals surface area (Å²) < 4.78 is 10.6. The highest BCUT2D eigenvalue weighted by molar-refractivity contribution is 7.14. The molecular weight excluding hydrogens is 412 g/mol. The van der Waals surface area contributed by atoms with Gasteiger partial charge in [0.1, 0.15) is 11.5 Å². The van der Waals surface area contributed by atoms with Gasteiger partial charge in [0, 0.05) is 9.75 Å². The van der Waals surface area contributed by atoms with E-state index in [4.69, 9.17) is 9.47 Å². The number of thiophene rings is 2. The van der Waals surface area contributed by atoms with E-state index in [-0.39, 0.29) is 24.5 Å². The highest BCUT2D eigenvalue weighted by atomic mass is 32.1. The van der Waals surface area contributed by atoms with Gasteiger partial charge in [-0.25, -0.2) is 14.4 Å². The first-order valence-corrected chi connectivity index (χ1v) is 11.1. The maximum atomic E-state index is 12.6.